The lowest BCUT2D eigenvalue weighted by Gasteiger charge is -2.14. The largest absolute Gasteiger partial charge is 0.496 e. The van der Waals surface area contributed by atoms with E-state index < -0.39 is 0 Å². The van der Waals surface area contributed by atoms with Crippen LogP contribution in [0.5, 0.6) is 17.2 Å². The number of nitrogens with zero attached hydrogens (tertiary/aromatic N) is 1. The average molecular weight is 459 g/mol. The zero-order chi connectivity index (χ0) is 23.9. The van der Waals surface area contributed by atoms with Gasteiger partial charge < -0.3 is 23.9 Å². The minimum Gasteiger partial charge on any atom is -0.496 e. The molecule has 0 radical (unpaired) electrons. The molecule has 0 aliphatic rings. The number of amides is 1. The SMILES string of the molecule is COc1cc(OC)c(Cc2ccc(C(=O)Nc3ccc(Cc4ccncc4)cc3)o2)c(OC)c1. The van der Waals surface area contributed by atoms with E-state index in [1.807, 2.05) is 36.4 Å². The Morgan fingerprint density at radius 2 is 1.47 bits per heavy atom. The van der Waals surface area contributed by atoms with Crippen molar-refractivity contribution < 1.29 is 23.4 Å². The van der Waals surface area contributed by atoms with Crippen molar-refractivity contribution in [2.45, 2.75) is 12.8 Å². The first-order chi connectivity index (χ1) is 16.6. The summed E-state index contributed by atoms with van der Waals surface area (Å²) in [4.78, 5) is 16.7. The van der Waals surface area contributed by atoms with E-state index >= 15 is 0 Å². The van der Waals surface area contributed by atoms with Crippen molar-refractivity contribution in [1.29, 1.82) is 0 Å². The van der Waals surface area contributed by atoms with Crippen molar-refractivity contribution in [1.82, 2.24) is 4.98 Å². The van der Waals surface area contributed by atoms with Crippen LogP contribution in [0.25, 0.3) is 0 Å². The molecule has 0 bridgehead atoms. The van der Waals surface area contributed by atoms with E-state index in [0.29, 0.717) is 35.1 Å². The van der Waals surface area contributed by atoms with E-state index in [2.05, 4.69) is 10.3 Å². The lowest BCUT2D eigenvalue weighted by atomic mass is 10.1. The van der Waals surface area contributed by atoms with Crippen molar-refractivity contribution in [3.8, 4) is 17.2 Å². The minimum absolute atomic E-state index is 0.224. The highest BCUT2D eigenvalue weighted by atomic mass is 16.5. The molecule has 174 valence electrons. The molecular formula is C27H26N2O5. The highest BCUT2D eigenvalue weighted by Crippen LogP contribution is 2.36. The predicted octanol–water partition coefficient (Wildman–Crippen LogP) is 5.13. The smallest absolute Gasteiger partial charge is 0.291 e. The number of hydrogen-bond donors (Lipinski definition) is 1. The first-order valence-electron chi connectivity index (χ1n) is 10.8. The number of ether oxygens (including phenoxy) is 3. The van der Waals surface area contributed by atoms with Crippen molar-refractivity contribution in [3.63, 3.8) is 0 Å². The molecule has 0 aliphatic heterocycles. The number of rotatable bonds is 9. The maximum absolute atomic E-state index is 12.7. The van der Waals surface area contributed by atoms with E-state index in [4.69, 9.17) is 18.6 Å². The minimum atomic E-state index is -0.318. The second-order valence-electron chi connectivity index (χ2n) is 7.64. The van der Waals surface area contributed by atoms with Crippen molar-refractivity contribution in [3.05, 3.63) is 101 Å². The molecule has 0 unspecified atom stereocenters. The second kappa shape index (κ2) is 10.6. The van der Waals surface area contributed by atoms with Crippen LogP contribution in [0.15, 0.2) is 77.5 Å². The van der Waals surface area contributed by atoms with E-state index in [-0.39, 0.29) is 11.7 Å². The molecule has 0 saturated heterocycles. The normalized spacial score (nSPS) is 10.6. The fourth-order valence-corrected chi connectivity index (χ4v) is 3.66. The fourth-order valence-electron chi connectivity index (χ4n) is 3.66. The molecule has 0 atom stereocenters. The van der Waals surface area contributed by atoms with Crippen LogP contribution in [0.1, 0.15) is 33.0 Å². The van der Waals surface area contributed by atoms with Gasteiger partial charge in [-0.15, -0.1) is 0 Å². The molecule has 7 heteroatoms. The molecule has 7 nitrogen and oxygen atoms in total. The molecule has 4 aromatic rings. The Hall–Kier alpha value is -4.26. The van der Waals surface area contributed by atoms with Crippen LogP contribution in [0.3, 0.4) is 0 Å². The van der Waals surface area contributed by atoms with Gasteiger partial charge >= 0.3 is 0 Å². The Kier molecular flexibility index (Phi) is 7.13. The van der Waals surface area contributed by atoms with Crippen LogP contribution in [0, 0.1) is 0 Å². The van der Waals surface area contributed by atoms with Gasteiger partial charge in [0, 0.05) is 42.2 Å². The molecule has 34 heavy (non-hydrogen) atoms. The maximum Gasteiger partial charge on any atom is 0.291 e. The Bertz CT molecular complexity index is 1220. The molecule has 0 fully saturated rings. The van der Waals surface area contributed by atoms with Gasteiger partial charge in [0.2, 0.25) is 0 Å². The number of aromatic nitrogens is 1. The summed E-state index contributed by atoms with van der Waals surface area (Å²) >= 11 is 0. The molecule has 1 N–H and O–H groups in total. The number of nitrogens with one attached hydrogen (secondary N) is 1. The van der Waals surface area contributed by atoms with Gasteiger partial charge in [-0.3, -0.25) is 9.78 Å². The predicted molar refractivity (Wildman–Crippen MR) is 129 cm³/mol. The van der Waals surface area contributed by atoms with Crippen molar-refractivity contribution in [2.24, 2.45) is 0 Å². The van der Waals surface area contributed by atoms with Gasteiger partial charge in [0.05, 0.1) is 21.3 Å². The molecule has 0 saturated carbocycles. The third kappa shape index (κ3) is 5.38. The van der Waals surface area contributed by atoms with Gasteiger partial charge in [-0.1, -0.05) is 12.1 Å². The standard InChI is InChI=1S/C27H26N2O5/c1-31-22-16-25(32-2)23(26(17-22)33-3)15-21-8-9-24(34-21)27(30)29-20-6-4-18(5-7-20)14-19-10-12-28-13-11-19/h4-13,16-17H,14-15H2,1-3H3,(H,29,30). The van der Waals surface area contributed by atoms with Gasteiger partial charge in [0.25, 0.3) is 5.91 Å². The van der Waals surface area contributed by atoms with E-state index in [1.165, 1.54) is 5.56 Å². The van der Waals surface area contributed by atoms with E-state index in [0.717, 1.165) is 17.5 Å². The number of carbonyl (C=O) groups is 1. The summed E-state index contributed by atoms with van der Waals surface area (Å²) in [6, 6.07) is 18.7. The molecule has 2 heterocycles. The zero-order valence-corrected chi connectivity index (χ0v) is 19.3. The summed E-state index contributed by atoms with van der Waals surface area (Å²) in [5.41, 5.74) is 3.82. The number of methoxy groups -OCH3 is 3. The summed E-state index contributed by atoms with van der Waals surface area (Å²) in [6.07, 6.45) is 4.76. The number of hydrogen-bond acceptors (Lipinski definition) is 6. The monoisotopic (exact) mass is 458 g/mol. The Labute approximate surface area is 198 Å². The van der Waals surface area contributed by atoms with Gasteiger partial charge in [0.1, 0.15) is 23.0 Å². The fraction of sp³-hybridized carbons (Fsp3) is 0.185. The van der Waals surface area contributed by atoms with Crippen LogP contribution in [0.2, 0.25) is 0 Å². The van der Waals surface area contributed by atoms with Crippen LogP contribution in [0.4, 0.5) is 5.69 Å². The van der Waals surface area contributed by atoms with Crippen LogP contribution in [-0.4, -0.2) is 32.2 Å². The summed E-state index contributed by atoms with van der Waals surface area (Å²) in [6.45, 7) is 0. The highest BCUT2D eigenvalue weighted by Gasteiger charge is 2.17. The quantitative estimate of drug-likeness (QED) is 0.374. The van der Waals surface area contributed by atoms with Crippen LogP contribution in [-0.2, 0) is 12.8 Å². The lowest BCUT2D eigenvalue weighted by Crippen LogP contribution is -2.10. The third-order valence-electron chi connectivity index (χ3n) is 5.42. The molecule has 0 aliphatic carbocycles. The lowest BCUT2D eigenvalue weighted by molar-refractivity contribution is 0.0995. The second-order valence-corrected chi connectivity index (χ2v) is 7.64. The maximum atomic E-state index is 12.7. The topological polar surface area (TPSA) is 82.8 Å². The number of benzene rings is 2. The van der Waals surface area contributed by atoms with Gasteiger partial charge in [-0.05, 0) is 53.9 Å². The number of anilines is 1. The molecule has 0 spiro atoms. The molecule has 1 amide bonds. The van der Waals surface area contributed by atoms with E-state index in [9.17, 15) is 4.79 Å². The first-order valence-corrected chi connectivity index (χ1v) is 10.8. The van der Waals surface area contributed by atoms with Gasteiger partial charge in [0.15, 0.2) is 5.76 Å². The summed E-state index contributed by atoms with van der Waals surface area (Å²) in [5, 5.41) is 2.88. The summed E-state index contributed by atoms with van der Waals surface area (Å²) in [5.74, 6) is 2.38. The van der Waals surface area contributed by atoms with E-state index in [1.54, 1.807) is 58.0 Å². The molecule has 2 aromatic heterocycles. The molecule has 4 rings (SSSR count). The number of carbonyl (C=O) groups excluding carboxylic acids is 1. The number of pyridine rings is 1. The molecular weight excluding hydrogens is 432 g/mol. The Morgan fingerprint density at radius 1 is 0.824 bits per heavy atom. The first kappa shape index (κ1) is 22.9. The van der Waals surface area contributed by atoms with Crippen LogP contribution < -0.4 is 19.5 Å². The summed E-state index contributed by atoms with van der Waals surface area (Å²) < 4.78 is 22.1. The van der Waals surface area contributed by atoms with Crippen molar-refractivity contribution in [2.75, 3.05) is 26.6 Å². The number of furan rings is 1. The Morgan fingerprint density at radius 3 is 2.09 bits per heavy atom. The summed E-state index contributed by atoms with van der Waals surface area (Å²) in [7, 11) is 4.75. The third-order valence-corrected chi connectivity index (χ3v) is 5.42. The Balaban J connectivity index is 1.43. The van der Waals surface area contributed by atoms with Gasteiger partial charge in [-0.2, -0.15) is 0 Å². The van der Waals surface area contributed by atoms with Crippen LogP contribution >= 0.6 is 0 Å². The molecule has 2 aromatic carbocycles. The van der Waals surface area contributed by atoms with Crippen molar-refractivity contribution >= 4 is 11.6 Å². The zero-order valence-electron chi connectivity index (χ0n) is 19.3. The average Bonchev–Trinajstić information content (AvgIpc) is 3.34. The highest BCUT2D eigenvalue weighted by molar-refractivity contribution is 6.02. The van der Waals surface area contributed by atoms with Gasteiger partial charge in [-0.25, -0.2) is 0 Å².